The van der Waals surface area contributed by atoms with Crippen molar-refractivity contribution in [3.05, 3.63) is 62.5 Å². The van der Waals surface area contributed by atoms with E-state index in [9.17, 15) is 9.59 Å². The number of carboxylic acid groups (broad SMARTS) is 1. The molecule has 2 rings (SSSR count). The number of aryl methyl sites for hydroxylation is 1. The number of halogens is 1. The highest BCUT2D eigenvalue weighted by Crippen LogP contribution is 2.17. The zero-order chi connectivity index (χ0) is 15.4. The highest BCUT2D eigenvalue weighted by atomic mass is 79.9. The maximum Gasteiger partial charge on any atom is 0.339 e. The van der Waals surface area contributed by atoms with Gasteiger partial charge in [0.25, 0.3) is 5.56 Å². The third kappa shape index (κ3) is 3.72. The van der Waals surface area contributed by atoms with E-state index in [1.165, 1.54) is 10.6 Å². The number of rotatable bonds is 5. The minimum Gasteiger partial charge on any atom is -0.491 e. The number of carboxylic acids is 1. The summed E-state index contributed by atoms with van der Waals surface area (Å²) in [5, 5.41) is 9.06. The molecule has 0 spiro atoms. The Labute approximate surface area is 129 Å². The van der Waals surface area contributed by atoms with Gasteiger partial charge in [0, 0.05) is 16.2 Å². The fourth-order valence-electron chi connectivity index (χ4n) is 1.93. The van der Waals surface area contributed by atoms with Crippen molar-refractivity contribution in [2.24, 2.45) is 0 Å². The van der Waals surface area contributed by atoms with Crippen LogP contribution in [0.15, 0.2) is 45.8 Å². The summed E-state index contributed by atoms with van der Waals surface area (Å²) in [7, 11) is 0. The van der Waals surface area contributed by atoms with Gasteiger partial charge in [-0.25, -0.2) is 4.79 Å². The second kappa shape index (κ2) is 6.58. The van der Waals surface area contributed by atoms with Gasteiger partial charge in [0.1, 0.15) is 17.9 Å². The number of benzene rings is 1. The normalized spacial score (nSPS) is 10.4. The highest BCUT2D eigenvalue weighted by molar-refractivity contribution is 9.10. The molecule has 1 aromatic carbocycles. The fourth-order valence-corrected chi connectivity index (χ4v) is 2.52. The number of hydrogen-bond donors (Lipinski definition) is 1. The molecule has 0 radical (unpaired) electrons. The maximum atomic E-state index is 11.9. The van der Waals surface area contributed by atoms with Crippen LogP contribution in [0.25, 0.3) is 0 Å². The molecule has 0 amide bonds. The molecule has 0 atom stereocenters. The summed E-state index contributed by atoms with van der Waals surface area (Å²) in [6.45, 7) is 2.29. The van der Waals surface area contributed by atoms with E-state index in [0.717, 1.165) is 4.47 Å². The molecule has 0 aliphatic carbocycles. The molecule has 21 heavy (non-hydrogen) atoms. The number of hydrogen-bond acceptors (Lipinski definition) is 3. The molecular formula is C15H14BrNO4. The molecule has 0 aliphatic heterocycles. The predicted molar refractivity (Wildman–Crippen MR) is 82.0 cm³/mol. The zero-order valence-corrected chi connectivity index (χ0v) is 13.0. The Bertz CT molecular complexity index is 724. The van der Waals surface area contributed by atoms with Crippen molar-refractivity contribution in [3.8, 4) is 5.75 Å². The van der Waals surface area contributed by atoms with Crippen LogP contribution in [0.1, 0.15) is 15.9 Å². The first-order chi connectivity index (χ1) is 9.99. The van der Waals surface area contributed by atoms with Crippen molar-refractivity contribution in [2.45, 2.75) is 13.5 Å². The van der Waals surface area contributed by atoms with Crippen molar-refractivity contribution in [1.82, 2.24) is 4.57 Å². The van der Waals surface area contributed by atoms with Crippen LogP contribution in [-0.2, 0) is 6.54 Å². The van der Waals surface area contributed by atoms with Crippen LogP contribution in [0, 0.1) is 6.92 Å². The lowest BCUT2D eigenvalue weighted by Gasteiger charge is -2.11. The maximum absolute atomic E-state index is 11.9. The van der Waals surface area contributed by atoms with E-state index in [0.29, 0.717) is 17.9 Å². The molecule has 0 aliphatic rings. The molecule has 1 heterocycles. The van der Waals surface area contributed by atoms with Crippen molar-refractivity contribution < 1.29 is 14.6 Å². The average molecular weight is 352 g/mol. The Morgan fingerprint density at radius 2 is 2.10 bits per heavy atom. The summed E-state index contributed by atoms with van der Waals surface area (Å²) in [6, 6.07) is 8.17. The molecule has 0 bridgehead atoms. The van der Waals surface area contributed by atoms with E-state index in [2.05, 4.69) is 15.9 Å². The smallest absolute Gasteiger partial charge is 0.339 e. The largest absolute Gasteiger partial charge is 0.491 e. The summed E-state index contributed by atoms with van der Waals surface area (Å²) in [5.41, 5.74) is 0.652. The lowest BCUT2D eigenvalue weighted by Crippen LogP contribution is -2.24. The van der Waals surface area contributed by atoms with E-state index in [1.807, 2.05) is 0 Å². The van der Waals surface area contributed by atoms with Gasteiger partial charge in [-0.3, -0.25) is 4.79 Å². The van der Waals surface area contributed by atoms with Crippen LogP contribution in [0.3, 0.4) is 0 Å². The van der Waals surface area contributed by atoms with Gasteiger partial charge in [-0.1, -0.05) is 12.1 Å². The molecule has 1 N–H and O–H groups in total. The van der Waals surface area contributed by atoms with Gasteiger partial charge >= 0.3 is 5.97 Å². The van der Waals surface area contributed by atoms with Crippen LogP contribution in [0.2, 0.25) is 0 Å². The minimum absolute atomic E-state index is 0.0895. The van der Waals surface area contributed by atoms with Gasteiger partial charge in [0.15, 0.2) is 0 Å². The van der Waals surface area contributed by atoms with Crippen LogP contribution in [0.4, 0.5) is 0 Å². The van der Waals surface area contributed by atoms with Crippen LogP contribution < -0.4 is 10.3 Å². The quantitative estimate of drug-likeness (QED) is 0.899. The molecule has 1 aromatic heterocycles. The topological polar surface area (TPSA) is 68.5 Å². The number of nitrogens with zero attached hydrogens (tertiary/aromatic N) is 1. The summed E-state index contributed by atoms with van der Waals surface area (Å²) in [4.78, 5) is 23.0. The summed E-state index contributed by atoms with van der Waals surface area (Å²) >= 11 is 3.34. The predicted octanol–water partition coefficient (Wildman–Crippen LogP) is 2.70. The molecule has 0 unspecified atom stereocenters. The van der Waals surface area contributed by atoms with Crippen LogP contribution >= 0.6 is 15.9 Å². The molecule has 110 valence electrons. The number of aromatic nitrogens is 1. The third-order valence-corrected chi connectivity index (χ3v) is 3.37. The lowest BCUT2D eigenvalue weighted by atomic mass is 10.2. The van der Waals surface area contributed by atoms with Crippen LogP contribution in [0.5, 0.6) is 5.75 Å². The zero-order valence-electron chi connectivity index (χ0n) is 11.4. The van der Waals surface area contributed by atoms with E-state index in [-0.39, 0.29) is 17.7 Å². The highest BCUT2D eigenvalue weighted by Gasteiger charge is 2.10. The molecule has 2 aromatic rings. The number of pyridine rings is 1. The average Bonchev–Trinajstić information content (AvgIpc) is 2.44. The summed E-state index contributed by atoms with van der Waals surface area (Å²) < 4.78 is 7.82. The van der Waals surface area contributed by atoms with Crippen molar-refractivity contribution in [2.75, 3.05) is 6.61 Å². The number of ether oxygens (including phenoxy) is 1. The summed E-state index contributed by atoms with van der Waals surface area (Å²) in [6.07, 6.45) is 1.68. The molecule has 0 saturated heterocycles. The Balaban J connectivity index is 2.09. The van der Waals surface area contributed by atoms with E-state index >= 15 is 0 Å². The molecule has 6 heteroatoms. The molecule has 5 nitrogen and oxygen atoms in total. The molecular weight excluding hydrogens is 338 g/mol. The van der Waals surface area contributed by atoms with Crippen molar-refractivity contribution in [1.29, 1.82) is 0 Å². The molecule has 0 fully saturated rings. The first-order valence-corrected chi connectivity index (χ1v) is 7.10. The van der Waals surface area contributed by atoms with E-state index < -0.39 is 5.97 Å². The van der Waals surface area contributed by atoms with Gasteiger partial charge in [-0.05, 0) is 41.1 Å². The SMILES string of the molecule is Cc1cc(Br)cn(CCOc2ccccc2C(=O)O)c1=O. The van der Waals surface area contributed by atoms with Gasteiger partial charge in [0.2, 0.25) is 0 Å². The molecule has 0 saturated carbocycles. The van der Waals surface area contributed by atoms with Gasteiger partial charge in [-0.15, -0.1) is 0 Å². The van der Waals surface area contributed by atoms with Gasteiger partial charge in [0.05, 0.1) is 6.54 Å². The second-order valence-corrected chi connectivity index (χ2v) is 5.41. The Morgan fingerprint density at radius 3 is 2.81 bits per heavy atom. The van der Waals surface area contributed by atoms with Crippen molar-refractivity contribution in [3.63, 3.8) is 0 Å². The lowest BCUT2D eigenvalue weighted by molar-refractivity contribution is 0.0692. The Kier molecular flexibility index (Phi) is 4.80. The Hall–Kier alpha value is -2.08. The first-order valence-electron chi connectivity index (χ1n) is 6.31. The van der Waals surface area contributed by atoms with Gasteiger partial charge < -0.3 is 14.4 Å². The number of para-hydroxylation sites is 1. The van der Waals surface area contributed by atoms with E-state index in [4.69, 9.17) is 9.84 Å². The van der Waals surface area contributed by atoms with Crippen LogP contribution in [-0.4, -0.2) is 22.2 Å². The second-order valence-electron chi connectivity index (χ2n) is 4.49. The monoisotopic (exact) mass is 351 g/mol. The third-order valence-electron chi connectivity index (χ3n) is 2.94. The van der Waals surface area contributed by atoms with Gasteiger partial charge in [-0.2, -0.15) is 0 Å². The Morgan fingerprint density at radius 1 is 1.38 bits per heavy atom. The number of aromatic carboxylic acids is 1. The summed E-state index contributed by atoms with van der Waals surface area (Å²) in [5.74, 6) is -0.745. The van der Waals surface area contributed by atoms with E-state index in [1.54, 1.807) is 37.4 Å². The fraction of sp³-hybridized carbons (Fsp3) is 0.200. The first kappa shape index (κ1) is 15.3. The standard InChI is InChI=1S/C15H14BrNO4/c1-10-8-11(16)9-17(14(10)18)6-7-21-13-5-3-2-4-12(13)15(19)20/h2-5,8-9H,6-7H2,1H3,(H,19,20). The van der Waals surface area contributed by atoms with Crippen molar-refractivity contribution >= 4 is 21.9 Å². The minimum atomic E-state index is -1.04. The number of carbonyl (C=O) groups is 1.